The molecule has 2 heterocycles. The third kappa shape index (κ3) is 3.46. The lowest BCUT2D eigenvalue weighted by Crippen LogP contribution is -2.43. The molecule has 0 aromatic heterocycles. The Morgan fingerprint density at radius 1 is 1.14 bits per heavy atom. The van der Waals surface area contributed by atoms with Crippen LogP contribution in [0.4, 0.5) is 13.2 Å². The van der Waals surface area contributed by atoms with Crippen molar-refractivity contribution in [3.63, 3.8) is 0 Å². The molecular weight excluding hydrogens is 303 g/mol. The zero-order valence-corrected chi connectivity index (χ0v) is 12.6. The fourth-order valence-electron chi connectivity index (χ4n) is 3.40. The van der Waals surface area contributed by atoms with Crippen molar-refractivity contribution >= 4 is 12.4 Å². The summed E-state index contributed by atoms with van der Waals surface area (Å²) in [6.45, 7) is 0. The molecule has 1 aromatic rings. The lowest BCUT2D eigenvalue weighted by Gasteiger charge is -2.36. The van der Waals surface area contributed by atoms with E-state index in [1.807, 2.05) is 0 Å². The van der Waals surface area contributed by atoms with Crippen molar-refractivity contribution in [1.29, 1.82) is 0 Å². The molecule has 2 fully saturated rings. The molecule has 2 nitrogen and oxygen atoms in total. The van der Waals surface area contributed by atoms with Gasteiger partial charge in [0.25, 0.3) is 0 Å². The Hall–Kier alpha value is -0.940. The molecule has 2 atom stereocenters. The Balaban J connectivity index is 0.00000161. The molecule has 0 aliphatic carbocycles. The first-order valence-electron chi connectivity index (χ1n) is 6.99. The molecule has 0 radical (unpaired) electrons. The van der Waals surface area contributed by atoms with Crippen molar-refractivity contribution in [3.8, 4) is 5.75 Å². The van der Waals surface area contributed by atoms with Gasteiger partial charge in [0.1, 0.15) is 11.9 Å². The summed E-state index contributed by atoms with van der Waals surface area (Å²) in [5.41, 5.74) is -0.647. The molecule has 1 aromatic carbocycles. The highest BCUT2D eigenvalue weighted by molar-refractivity contribution is 5.85. The largest absolute Gasteiger partial charge is 0.490 e. The van der Waals surface area contributed by atoms with Crippen molar-refractivity contribution in [3.05, 3.63) is 29.8 Å². The van der Waals surface area contributed by atoms with Gasteiger partial charge in [0.2, 0.25) is 0 Å². The number of hydrogen-bond acceptors (Lipinski definition) is 2. The van der Waals surface area contributed by atoms with Crippen molar-refractivity contribution in [2.45, 2.75) is 50.0 Å². The van der Waals surface area contributed by atoms with Gasteiger partial charge in [-0.3, -0.25) is 0 Å². The van der Waals surface area contributed by atoms with Crippen LogP contribution in [0.15, 0.2) is 24.3 Å². The molecule has 0 saturated carbocycles. The minimum absolute atomic E-state index is 0. The van der Waals surface area contributed by atoms with Gasteiger partial charge in [0.15, 0.2) is 0 Å². The number of alkyl halides is 3. The number of benzene rings is 1. The van der Waals surface area contributed by atoms with Crippen LogP contribution in [0.3, 0.4) is 0 Å². The number of piperidine rings is 1. The summed E-state index contributed by atoms with van der Waals surface area (Å²) in [7, 11) is 2.13. The highest BCUT2D eigenvalue weighted by atomic mass is 35.5. The SMILES string of the molecule is CN1C2CCC1CC(Oc1cccc(C(F)(F)F)c1)C2.Cl. The van der Waals surface area contributed by atoms with E-state index >= 15 is 0 Å². The fourth-order valence-corrected chi connectivity index (χ4v) is 3.40. The Bertz CT molecular complexity index is 480. The third-order valence-electron chi connectivity index (χ3n) is 4.52. The lowest BCUT2D eigenvalue weighted by atomic mass is 10.0. The molecule has 0 amide bonds. The Morgan fingerprint density at radius 3 is 2.33 bits per heavy atom. The van der Waals surface area contributed by atoms with Crippen LogP contribution >= 0.6 is 12.4 Å². The van der Waals surface area contributed by atoms with Gasteiger partial charge < -0.3 is 9.64 Å². The van der Waals surface area contributed by atoms with Crippen molar-refractivity contribution in [1.82, 2.24) is 4.90 Å². The van der Waals surface area contributed by atoms with Crippen molar-refractivity contribution in [2.24, 2.45) is 0 Å². The number of ether oxygens (including phenoxy) is 1. The summed E-state index contributed by atoms with van der Waals surface area (Å²) in [5.74, 6) is 0.328. The Morgan fingerprint density at radius 2 is 1.76 bits per heavy atom. The maximum atomic E-state index is 12.7. The highest BCUT2D eigenvalue weighted by Crippen LogP contribution is 2.37. The zero-order valence-electron chi connectivity index (χ0n) is 11.8. The molecule has 0 N–H and O–H groups in total. The first-order chi connectivity index (χ1) is 9.43. The maximum absolute atomic E-state index is 12.7. The molecule has 2 aliphatic rings. The minimum Gasteiger partial charge on any atom is -0.490 e. The van der Waals surface area contributed by atoms with E-state index in [9.17, 15) is 13.2 Å². The van der Waals surface area contributed by atoms with E-state index in [4.69, 9.17) is 4.74 Å². The van der Waals surface area contributed by atoms with Crippen molar-refractivity contribution in [2.75, 3.05) is 7.05 Å². The Labute approximate surface area is 128 Å². The van der Waals surface area contributed by atoms with E-state index in [2.05, 4.69) is 11.9 Å². The molecular formula is C15H19ClF3NO. The van der Waals surface area contributed by atoms with Crippen LogP contribution in [-0.2, 0) is 6.18 Å². The van der Waals surface area contributed by atoms with Gasteiger partial charge in [0.05, 0.1) is 5.56 Å². The summed E-state index contributed by atoms with van der Waals surface area (Å²) in [5, 5.41) is 0. The minimum atomic E-state index is -4.31. The monoisotopic (exact) mass is 321 g/mol. The number of hydrogen-bond donors (Lipinski definition) is 0. The van der Waals surface area contributed by atoms with Gasteiger partial charge in [-0.05, 0) is 50.9 Å². The van der Waals surface area contributed by atoms with E-state index in [0.717, 1.165) is 25.0 Å². The molecule has 2 saturated heterocycles. The molecule has 21 heavy (non-hydrogen) atoms. The van der Waals surface area contributed by atoms with E-state index in [-0.39, 0.29) is 18.5 Å². The molecule has 2 bridgehead atoms. The zero-order chi connectivity index (χ0) is 14.3. The van der Waals surface area contributed by atoms with Gasteiger partial charge in [-0.25, -0.2) is 0 Å². The number of halogens is 4. The van der Waals surface area contributed by atoms with Crippen LogP contribution in [0.1, 0.15) is 31.2 Å². The van der Waals surface area contributed by atoms with Crippen molar-refractivity contribution < 1.29 is 17.9 Å². The highest BCUT2D eigenvalue weighted by Gasteiger charge is 2.39. The van der Waals surface area contributed by atoms with Gasteiger partial charge in [-0.2, -0.15) is 13.2 Å². The molecule has 6 heteroatoms. The summed E-state index contributed by atoms with van der Waals surface area (Å²) in [4.78, 5) is 2.38. The second-order valence-electron chi connectivity index (χ2n) is 5.79. The van der Waals surface area contributed by atoms with Crippen LogP contribution in [-0.4, -0.2) is 30.1 Å². The molecule has 2 aliphatic heterocycles. The summed E-state index contributed by atoms with van der Waals surface area (Å²) in [6.07, 6.45) is -0.127. The second kappa shape index (κ2) is 6.05. The molecule has 3 rings (SSSR count). The predicted molar refractivity (Wildman–Crippen MR) is 76.9 cm³/mol. The first kappa shape index (κ1) is 16.4. The van der Waals surface area contributed by atoms with E-state index in [1.54, 1.807) is 6.07 Å². The smallest absolute Gasteiger partial charge is 0.416 e. The topological polar surface area (TPSA) is 12.5 Å². The van der Waals surface area contributed by atoms with E-state index in [0.29, 0.717) is 17.8 Å². The molecule has 2 unspecified atom stereocenters. The van der Waals surface area contributed by atoms with Crippen LogP contribution < -0.4 is 4.74 Å². The summed E-state index contributed by atoms with van der Waals surface area (Å²) < 4.78 is 43.8. The number of nitrogens with zero attached hydrogens (tertiary/aromatic N) is 1. The maximum Gasteiger partial charge on any atom is 0.416 e. The van der Waals surface area contributed by atoms with Gasteiger partial charge in [0, 0.05) is 12.1 Å². The predicted octanol–water partition coefficient (Wildman–Crippen LogP) is 4.13. The van der Waals surface area contributed by atoms with Crippen LogP contribution in [0, 0.1) is 0 Å². The second-order valence-corrected chi connectivity index (χ2v) is 5.79. The normalized spacial score (nSPS) is 29.0. The summed E-state index contributed by atoms with van der Waals surface area (Å²) >= 11 is 0. The van der Waals surface area contributed by atoms with Crippen LogP contribution in [0.2, 0.25) is 0 Å². The average molecular weight is 322 g/mol. The van der Waals surface area contributed by atoms with E-state index in [1.165, 1.54) is 18.9 Å². The lowest BCUT2D eigenvalue weighted by molar-refractivity contribution is -0.137. The quantitative estimate of drug-likeness (QED) is 0.812. The third-order valence-corrected chi connectivity index (χ3v) is 4.52. The average Bonchev–Trinajstić information content (AvgIpc) is 2.62. The molecule has 118 valence electrons. The Kier molecular flexibility index (Phi) is 4.73. The standard InChI is InChI=1S/C15H18F3NO.ClH/c1-19-11-5-6-12(19)9-14(8-11)20-13-4-2-3-10(7-13)15(16,17)18;/h2-4,7,11-12,14H,5-6,8-9H2,1H3;1H. The number of rotatable bonds is 2. The van der Waals surface area contributed by atoms with Gasteiger partial charge in [-0.1, -0.05) is 6.07 Å². The van der Waals surface area contributed by atoms with Gasteiger partial charge >= 0.3 is 6.18 Å². The van der Waals surface area contributed by atoms with E-state index < -0.39 is 11.7 Å². The summed E-state index contributed by atoms with van der Waals surface area (Å²) in [6, 6.07) is 6.22. The number of fused-ring (bicyclic) bond motifs is 2. The van der Waals surface area contributed by atoms with Crippen LogP contribution in [0.5, 0.6) is 5.75 Å². The first-order valence-corrected chi connectivity index (χ1v) is 6.99. The fraction of sp³-hybridized carbons (Fsp3) is 0.600. The van der Waals surface area contributed by atoms with Gasteiger partial charge in [-0.15, -0.1) is 12.4 Å². The molecule has 0 spiro atoms. The van der Waals surface area contributed by atoms with Crippen LogP contribution in [0.25, 0.3) is 0 Å².